The standard InChI is InChI=1S/C23H25ClN2O5/c1-15(31-10-4-5-22(27)30-3)19-11-17(24)12-20-21(19)13-25-26(23(20)28)14-16-6-8-18(29-2)9-7-16/h6-9,11-13,15H,4-5,10,14H2,1-3H3. The first-order valence-corrected chi connectivity index (χ1v) is 10.3. The van der Waals surface area contributed by atoms with Crippen molar-refractivity contribution in [2.45, 2.75) is 32.4 Å². The van der Waals surface area contributed by atoms with E-state index in [0.29, 0.717) is 35.4 Å². The van der Waals surface area contributed by atoms with Gasteiger partial charge in [-0.3, -0.25) is 9.59 Å². The molecule has 0 aliphatic heterocycles. The molecule has 3 aromatic rings. The Kier molecular flexibility index (Phi) is 7.65. The van der Waals surface area contributed by atoms with Crippen LogP contribution < -0.4 is 10.3 Å². The molecule has 1 heterocycles. The highest BCUT2D eigenvalue weighted by molar-refractivity contribution is 6.31. The maximum atomic E-state index is 13.1. The van der Waals surface area contributed by atoms with E-state index >= 15 is 0 Å². The summed E-state index contributed by atoms with van der Waals surface area (Å²) in [4.78, 5) is 24.3. The number of carbonyl (C=O) groups excluding carboxylic acids is 1. The molecule has 3 rings (SSSR count). The highest BCUT2D eigenvalue weighted by Gasteiger charge is 2.15. The van der Waals surface area contributed by atoms with E-state index in [4.69, 9.17) is 21.1 Å². The summed E-state index contributed by atoms with van der Waals surface area (Å²) in [6, 6.07) is 10.9. The molecule has 0 spiro atoms. The van der Waals surface area contributed by atoms with Crippen LogP contribution >= 0.6 is 11.6 Å². The summed E-state index contributed by atoms with van der Waals surface area (Å²) in [6.45, 7) is 2.60. The molecule has 8 heteroatoms. The molecule has 0 aliphatic rings. The molecule has 1 atom stereocenters. The van der Waals surface area contributed by atoms with Crippen LogP contribution in [0.2, 0.25) is 5.02 Å². The first kappa shape index (κ1) is 22.8. The molecule has 0 fully saturated rings. The number of ether oxygens (including phenoxy) is 3. The maximum absolute atomic E-state index is 13.1. The Morgan fingerprint density at radius 2 is 1.90 bits per heavy atom. The van der Waals surface area contributed by atoms with Crippen molar-refractivity contribution in [1.82, 2.24) is 9.78 Å². The van der Waals surface area contributed by atoms with Crippen LogP contribution in [0, 0.1) is 0 Å². The summed E-state index contributed by atoms with van der Waals surface area (Å²) < 4.78 is 17.1. The van der Waals surface area contributed by atoms with Crippen LogP contribution in [0.15, 0.2) is 47.4 Å². The van der Waals surface area contributed by atoms with Gasteiger partial charge in [-0.1, -0.05) is 23.7 Å². The third-order valence-electron chi connectivity index (χ3n) is 5.02. The summed E-state index contributed by atoms with van der Waals surface area (Å²) in [6.07, 6.45) is 2.18. The largest absolute Gasteiger partial charge is 0.497 e. The van der Waals surface area contributed by atoms with Crippen LogP contribution in [0.1, 0.15) is 37.0 Å². The maximum Gasteiger partial charge on any atom is 0.305 e. The number of carbonyl (C=O) groups is 1. The van der Waals surface area contributed by atoms with E-state index in [1.807, 2.05) is 31.2 Å². The lowest BCUT2D eigenvalue weighted by atomic mass is 10.0. The topological polar surface area (TPSA) is 79.7 Å². The zero-order valence-corrected chi connectivity index (χ0v) is 18.5. The molecule has 0 aliphatic carbocycles. The highest BCUT2D eigenvalue weighted by atomic mass is 35.5. The SMILES string of the molecule is COC(=O)CCCOC(C)c1cc(Cl)cc2c(=O)n(Cc3ccc(OC)cc3)ncc12. The van der Waals surface area contributed by atoms with Gasteiger partial charge in [0.1, 0.15) is 5.75 Å². The number of aromatic nitrogens is 2. The van der Waals surface area contributed by atoms with Gasteiger partial charge in [-0.15, -0.1) is 0 Å². The van der Waals surface area contributed by atoms with Crippen molar-refractivity contribution >= 4 is 28.3 Å². The average Bonchev–Trinajstić information content (AvgIpc) is 2.78. The molecule has 0 bridgehead atoms. The third-order valence-corrected chi connectivity index (χ3v) is 5.24. The summed E-state index contributed by atoms with van der Waals surface area (Å²) in [5.74, 6) is 0.477. The molecular weight excluding hydrogens is 420 g/mol. The highest BCUT2D eigenvalue weighted by Crippen LogP contribution is 2.28. The second kappa shape index (κ2) is 10.4. The van der Waals surface area contributed by atoms with Crippen LogP contribution in [-0.2, 0) is 20.8 Å². The van der Waals surface area contributed by atoms with Crippen LogP contribution in [0.25, 0.3) is 10.8 Å². The lowest BCUT2D eigenvalue weighted by molar-refractivity contribution is -0.141. The molecule has 2 aromatic carbocycles. The van der Waals surface area contributed by atoms with Gasteiger partial charge in [-0.2, -0.15) is 5.10 Å². The summed E-state index contributed by atoms with van der Waals surface area (Å²) in [5, 5.41) is 5.99. The molecule has 0 N–H and O–H groups in total. The minimum atomic E-state index is -0.322. The van der Waals surface area contributed by atoms with Crippen molar-refractivity contribution in [3.05, 3.63) is 69.1 Å². The fourth-order valence-corrected chi connectivity index (χ4v) is 3.53. The van der Waals surface area contributed by atoms with E-state index in [-0.39, 0.29) is 24.1 Å². The van der Waals surface area contributed by atoms with Crippen molar-refractivity contribution in [3.8, 4) is 5.75 Å². The normalized spacial score (nSPS) is 12.0. The Hall–Kier alpha value is -2.90. The number of hydrogen-bond acceptors (Lipinski definition) is 6. The van der Waals surface area contributed by atoms with Gasteiger partial charge in [0, 0.05) is 23.4 Å². The van der Waals surface area contributed by atoms with E-state index in [1.54, 1.807) is 25.4 Å². The number of halogens is 1. The van der Waals surface area contributed by atoms with Gasteiger partial charge < -0.3 is 14.2 Å². The van der Waals surface area contributed by atoms with Gasteiger partial charge in [-0.05, 0) is 48.7 Å². The molecule has 1 aromatic heterocycles. The summed E-state index contributed by atoms with van der Waals surface area (Å²) >= 11 is 6.31. The van der Waals surface area contributed by atoms with E-state index in [2.05, 4.69) is 9.84 Å². The number of hydrogen-bond donors (Lipinski definition) is 0. The van der Waals surface area contributed by atoms with Crippen molar-refractivity contribution in [1.29, 1.82) is 0 Å². The predicted molar refractivity (Wildman–Crippen MR) is 119 cm³/mol. The first-order valence-electron chi connectivity index (χ1n) is 9.93. The summed E-state index contributed by atoms with van der Waals surface area (Å²) in [5.41, 5.74) is 1.48. The smallest absolute Gasteiger partial charge is 0.305 e. The fraction of sp³-hybridized carbons (Fsp3) is 0.348. The Morgan fingerprint density at radius 3 is 2.58 bits per heavy atom. The van der Waals surface area contributed by atoms with Crippen LogP contribution in [0.5, 0.6) is 5.75 Å². The Labute approximate surface area is 185 Å². The molecule has 7 nitrogen and oxygen atoms in total. The van der Waals surface area contributed by atoms with Crippen molar-refractivity contribution in [3.63, 3.8) is 0 Å². The first-order chi connectivity index (χ1) is 14.9. The van der Waals surface area contributed by atoms with Gasteiger partial charge in [0.2, 0.25) is 0 Å². The molecular formula is C23H25ClN2O5. The second-order valence-electron chi connectivity index (χ2n) is 7.10. The Balaban J connectivity index is 1.83. The third kappa shape index (κ3) is 5.62. The van der Waals surface area contributed by atoms with E-state index < -0.39 is 0 Å². The Morgan fingerprint density at radius 1 is 1.16 bits per heavy atom. The van der Waals surface area contributed by atoms with Gasteiger partial charge in [0.05, 0.1) is 38.5 Å². The van der Waals surface area contributed by atoms with E-state index in [9.17, 15) is 9.59 Å². The lowest BCUT2D eigenvalue weighted by Gasteiger charge is -2.17. The zero-order valence-electron chi connectivity index (χ0n) is 17.8. The van der Waals surface area contributed by atoms with Gasteiger partial charge in [0.25, 0.3) is 5.56 Å². The average molecular weight is 445 g/mol. The number of methoxy groups -OCH3 is 2. The van der Waals surface area contributed by atoms with Gasteiger partial charge in [-0.25, -0.2) is 4.68 Å². The van der Waals surface area contributed by atoms with Gasteiger partial charge in [0.15, 0.2) is 0 Å². The van der Waals surface area contributed by atoms with E-state index in [0.717, 1.165) is 16.9 Å². The molecule has 1 unspecified atom stereocenters. The number of benzene rings is 2. The number of esters is 1. The van der Waals surface area contributed by atoms with Crippen molar-refractivity contribution < 1.29 is 19.0 Å². The molecule has 0 saturated heterocycles. The Bertz CT molecular complexity index is 1110. The fourth-order valence-electron chi connectivity index (χ4n) is 3.30. The summed E-state index contributed by atoms with van der Waals surface area (Å²) in [7, 11) is 2.97. The predicted octanol–water partition coefficient (Wildman–Crippen LogP) is 4.14. The second-order valence-corrected chi connectivity index (χ2v) is 7.54. The van der Waals surface area contributed by atoms with Crippen LogP contribution in [0.3, 0.4) is 0 Å². The minimum absolute atomic E-state index is 0.227. The van der Waals surface area contributed by atoms with Crippen LogP contribution in [-0.4, -0.2) is 36.6 Å². The van der Waals surface area contributed by atoms with Crippen molar-refractivity contribution in [2.24, 2.45) is 0 Å². The zero-order chi connectivity index (χ0) is 22.4. The van der Waals surface area contributed by atoms with Gasteiger partial charge >= 0.3 is 5.97 Å². The quantitative estimate of drug-likeness (QED) is 0.364. The molecule has 0 radical (unpaired) electrons. The molecule has 31 heavy (non-hydrogen) atoms. The lowest BCUT2D eigenvalue weighted by Crippen LogP contribution is -2.23. The van der Waals surface area contributed by atoms with Crippen LogP contribution in [0.4, 0.5) is 0 Å². The molecule has 0 amide bonds. The molecule has 0 saturated carbocycles. The van der Waals surface area contributed by atoms with E-state index in [1.165, 1.54) is 11.8 Å². The number of fused-ring (bicyclic) bond motifs is 1. The monoisotopic (exact) mass is 444 g/mol. The molecule has 164 valence electrons. The van der Waals surface area contributed by atoms with Crippen molar-refractivity contribution in [2.75, 3.05) is 20.8 Å². The minimum Gasteiger partial charge on any atom is -0.497 e. The number of rotatable bonds is 9. The number of nitrogens with zero attached hydrogens (tertiary/aromatic N) is 2.